The molecule has 8 nitrogen and oxygen atoms in total. The molecule has 0 spiro atoms. The van der Waals surface area contributed by atoms with Gasteiger partial charge < -0.3 is 19.6 Å². The van der Waals surface area contributed by atoms with Crippen molar-refractivity contribution in [1.82, 2.24) is 15.0 Å². The lowest BCUT2D eigenvalue weighted by molar-refractivity contribution is -0.159. The maximum atomic E-state index is 13.1. The number of nitrogens with one attached hydrogen (secondary N) is 1. The number of alkyl halides is 3. The van der Waals surface area contributed by atoms with Crippen LogP contribution in [0.1, 0.15) is 41.6 Å². The zero-order valence-electron chi connectivity index (χ0n) is 19.9. The molecule has 2 amide bonds. The number of rotatable bonds is 6. The maximum absolute atomic E-state index is 13.1. The predicted octanol–water partition coefficient (Wildman–Crippen LogP) is 4.76. The number of hydrogen-bond donors (Lipinski definition) is 1. The van der Waals surface area contributed by atoms with Gasteiger partial charge in [-0.05, 0) is 43.2 Å². The van der Waals surface area contributed by atoms with Gasteiger partial charge in [0.15, 0.2) is 0 Å². The summed E-state index contributed by atoms with van der Waals surface area (Å²) in [6.07, 6.45) is -3.51. The lowest BCUT2D eigenvalue weighted by Gasteiger charge is -2.37. The molecule has 1 aliphatic heterocycles. The Labute approximate surface area is 206 Å². The molecule has 0 bridgehead atoms. The van der Waals surface area contributed by atoms with Crippen LogP contribution in [0.5, 0.6) is 0 Å². The fraction of sp³-hybridized carbons (Fsp3) is 0.360. The fourth-order valence-electron chi connectivity index (χ4n) is 4.12. The SMILES string of the molecule is CCCC(=O)Nc1cccc(N2CCN(C(=O)c3cccc(-c4noc(C(F)(F)F)n4)c3)CC2)c1C. The molecule has 1 N–H and O–H groups in total. The van der Waals surface area contributed by atoms with Gasteiger partial charge in [0.25, 0.3) is 5.91 Å². The molecular formula is C25H26F3N5O3. The van der Waals surface area contributed by atoms with Gasteiger partial charge in [0.05, 0.1) is 0 Å². The van der Waals surface area contributed by atoms with Crippen LogP contribution in [0.25, 0.3) is 11.4 Å². The Balaban J connectivity index is 1.43. The van der Waals surface area contributed by atoms with E-state index in [1.807, 2.05) is 32.0 Å². The molecule has 1 saturated heterocycles. The van der Waals surface area contributed by atoms with Crippen molar-refractivity contribution in [2.45, 2.75) is 32.9 Å². The van der Waals surface area contributed by atoms with Gasteiger partial charge in [-0.2, -0.15) is 18.2 Å². The van der Waals surface area contributed by atoms with Crippen molar-refractivity contribution in [2.75, 3.05) is 36.4 Å². The first-order chi connectivity index (χ1) is 17.2. The van der Waals surface area contributed by atoms with E-state index in [9.17, 15) is 22.8 Å². The summed E-state index contributed by atoms with van der Waals surface area (Å²) in [5.41, 5.74) is 3.33. The zero-order chi connectivity index (χ0) is 25.9. The summed E-state index contributed by atoms with van der Waals surface area (Å²) in [6.45, 7) is 6.04. The van der Waals surface area contributed by atoms with Crippen LogP contribution in [-0.4, -0.2) is 53.0 Å². The third-order valence-electron chi connectivity index (χ3n) is 6.00. The van der Waals surface area contributed by atoms with Crippen molar-refractivity contribution < 1.29 is 27.3 Å². The first-order valence-electron chi connectivity index (χ1n) is 11.6. The van der Waals surface area contributed by atoms with Gasteiger partial charge >= 0.3 is 12.1 Å². The highest BCUT2D eigenvalue weighted by Gasteiger charge is 2.38. The van der Waals surface area contributed by atoms with Crippen LogP contribution < -0.4 is 10.2 Å². The van der Waals surface area contributed by atoms with Gasteiger partial charge in [-0.25, -0.2) is 0 Å². The Hall–Kier alpha value is -3.89. The summed E-state index contributed by atoms with van der Waals surface area (Å²) in [4.78, 5) is 32.4. The van der Waals surface area contributed by atoms with E-state index in [0.717, 1.165) is 23.4 Å². The Morgan fingerprint density at radius 1 is 1.08 bits per heavy atom. The van der Waals surface area contributed by atoms with Crippen LogP contribution in [0.3, 0.4) is 0 Å². The summed E-state index contributed by atoms with van der Waals surface area (Å²) < 4.78 is 42.6. The van der Waals surface area contributed by atoms with E-state index in [2.05, 4.69) is 24.9 Å². The summed E-state index contributed by atoms with van der Waals surface area (Å²) in [5, 5.41) is 6.35. The van der Waals surface area contributed by atoms with Crippen LogP contribution in [0.4, 0.5) is 24.5 Å². The second-order valence-electron chi connectivity index (χ2n) is 8.53. The normalized spacial score (nSPS) is 14.1. The van der Waals surface area contributed by atoms with E-state index in [0.29, 0.717) is 38.2 Å². The smallest absolute Gasteiger partial charge is 0.368 e. The molecule has 1 fully saturated rings. The van der Waals surface area contributed by atoms with Crippen molar-refractivity contribution in [3.05, 3.63) is 59.5 Å². The molecular weight excluding hydrogens is 475 g/mol. The monoisotopic (exact) mass is 501 g/mol. The van der Waals surface area contributed by atoms with E-state index in [4.69, 9.17) is 0 Å². The van der Waals surface area contributed by atoms with Crippen molar-refractivity contribution in [2.24, 2.45) is 0 Å². The van der Waals surface area contributed by atoms with E-state index in [1.54, 1.807) is 17.0 Å². The molecule has 2 aromatic carbocycles. The van der Waals surface area contributed by atoms with Gasteiger partial charge in [-0.1, -0.05) is 30.3 Å². The van der Waals surface area contributed by atoms with Crippen LogP contribution in [-0.2, 0) is 11.0 Å². The molecule has 3 aromatic rings. The Bertz CT molecular complexity index is 1250. The van der Waals surface area contributed by atoms with Crippen LogP contribution in [0, 0.1) is 6.92 Å². The fourth-order valence-corrected chi connectivity index (χ4v) is 4.12. The lowest BCUT2D eigenvalue weighted by atomic mass is 10.1. The number of anilines is 2. The molecule has 11 heteroatoms. The number of piperazine rings is 1. The standard InChI is InChI=1S/C25H26F3N5O3/c1-3-6-21(34)29-19-9-5-10-20(16(19)2)32-11-13-33(14-12-32)23(35)18-8-4-7-17(15-18)22-30-24(36-31-22)25(26,27)28/h4-5,7-10,15H,3,6,11-14H2,1-2H3,(H,29,34). The minimum Gasteiger partial charge on any atom is -0.368 e. The molecule has 0 aliphatic carbocycles. The Morgan fingerprint density at radius 2 is 1.81 bits per heavy atom. The van der Waals surface area contributed by atoms with Crippen molar-refractivity contribution in [1.29, 1.82) is 0 Å². The van der Waals surface area contributed by atoms with Gasteiger partial charge in [-0.15, -0.1) is 0 Å². The second kappa shape index (κ2) is 10.4. The van der Waals surface area contributed by atoms with E-state index in [-0.39, 0.29) is 23.2 Å². The highest BCUT2D eigenvalue weighted by atomic mass is 19.4. The van der Waals surface area contributed by atoms with Gasteiger partial charge in [0, 0.05) is 55.1 Å². The highest BCUT2D eigenvalue weighted by molar-refractivity contribution is 5.95. The van der Waals surface area contributed by atoms with Crippen molar-refractivity contribution >= 4 is 23.2 Å². The van der Waals surface area contributed by atoms with Gasteiger partial charge in [0.2, 0.25) is 11.7 Å². The molecule has 190 valence electrons. The molecule has 1 aromatic heterocycles. The molecule has 0 atom stereocenters. The highest BCUT2D eigenvalue weighted by Crippen LogP contribution is 2.30. The number of carbonyl (C=O) groups is 2. The number of amides is 2. The summed E-state index contributed by atoms with van der Waals surface area (Å²) in [5.74, 6) is -1.92. The number of aromatic nitrogens is 2. The third kappa shape index (κ3) is 5.50. The summed E-state index contributed by atoms with van der Waals surface area (Å²) in [6, 6.07) is 11.9. The molecule has 2 heterocycles. The Kier molecular flexibility index (Phi) is 7.27. The molecule has 0 radical (unpaired) electrons. The number of hydrogen-bond acceptors (Lipinski definition) is 6. The largest absolute Gasteiger partial charge is 0.471 e. The summed E-state index contributed by atoms with van der Waals surface area (Å²) >= 11 is 0. The quantitative estimate of drug-likeness (QED) is 0.524. The molecule has 0 saturated carbocycles. The number of benzene rings is 2. The van der Waals surface area contributed by atoms with Gasteiger partial charge in [-0.3, -0.25) is 9.59 Å². The molecule has 0 unspecified atom stereocenters. The van der Waals surface area contributed by atoms with Crippen molar-refractivity contribution in [3.63, 3.8) is 0 Å². The predicted molar refractivity (Wildman–Crippen MR) is 128 cm³/mol. The first-order valence-corrected chi connectivity index (χ1v) is 11.6. The molecule has 1 aliphatic rings. The maximum Gasteiger partial charge on any atom is 0.471 e. The molecule has 4 rings (SSSR count). The average Bonchev–Trinajstić information content (AvgIpc) is 3.37. The minimum atomic E-state index is -4.74. The van der Waals surface area contributed by atoms with Crippen LogP contribution in [0.15, 0.2) is 47.0 Å². The summed E-state index contributed by atoms with van der Waals surface area (Å²) in [7, 11) is 0. The van der Waals surface area contributed by atoms with E-state index >= 15 is 0 Å². The third-order valence-corrected chi connectivity index (χ3v) is 6.00. The van der Waals surface area contributed by atoms with E-state index in [1.165, 1.54) is 12.1 Å². The second-order valence-corrected chi connectivity index (χ2v) is 8.53. The molecule has 36 heavy (non-hydrogen) atoms. The topological polar surface area (TPSA) is 91.6 Å². The first kappa shape index (κ1) is 25.2. The Morgan fingerprint density at radius 3 is 2.47 bits per heavy atom. The average molecular weight is 502 g/mol. The van der Waals surface area contributed by atoms with Crippen LogP contribution in [0.2, 0.25) is 0 Å². The van der Waals surface area contributed by atoms with E-state index < -0.39 is 12.1 Å². The number of nitrogens with zero attached hydrogens (tertiary/aromatic N) is 4. The number of carbonyl (C=O) groups excluding carboxylic acids is 2. The number of halogens is 3. The van der Waals surface area contributed by atoms with Crippen molar-refractivity contribution in [3.8, 4) is 11.4 Å². The lowest BCUT2D eigenvalue weighted by Crippen LogP contribution is -2.49. The van der Waals surface area contributed by atoms with Crippen LogP contribution >= 0.6 is 0 Å². The van der Waals surface area contributed by atoms with Gasteiger partial charge in [0.1, 0.15) is 0 Å². The zero-order valence-corrected chi connectivity index (χ0v) is 19.9. The minimum absolute atomic E-state index is 0.0224.